The van der Waals surface area contributed by atoms with E-state index in [1.165, 1.54) is 0 Å². The predicted octanol–water partition coefficient (Wildman–Crippen LogP) is 3.72. The third-order valence-corrected chi connectivity index (χ3v) is 7.61. The van der Waals surface area contributed by atoms with Crippen LogP contribution in [0.25, 0.3) is 0 Å². The van der Waals surface area contributed by atoms with Crippen LogP contribution in [-0.2, 0) is 16.4 Å². The van der Waals surface area contributed by atoms with Crippen molar-refractivity contribution in [2.24, 2.45) is 0 Å². The summed E-state index contributed by atoms with van der Waals surface area (Å²) in [5.74, 6) is 0.798. The van der Waals surface area contributed by atoms with Crippen LogP contribution in [0.15, 0.2) is 34.5 Å². The highest BCUT2D eigenvalue weighted by Crippen LogP contribution is 2.37. The average molecular weight is 358 g/mol. The second-order valence-electron chi connectivity index (χ2n) is 5.17. The molecule has 2 heterocycles. The lowest BCUT2D eigenvalue weighted by molar-refractivity contribution is 0.326. The average Bonchev–Trinajstić information content (AvgIpc) is 2.94. The number of rotatable bonds is 3. The number of thiophene rings is 1. The number of benzene rings is 1. The van der Waals surface area contributed by atoms with Crippen molar-refractivity contribution in [1.29, 1.82) is 0 Å². The van der Waals surface area contributed by atoms with Crippen LogP contribution in [0, 0.1) is 0 Å². The predicted molar refractivity (Wildman–Crippen MR) is 88.3 cm³/mol. The van der Waals surface area contributed by atoms with Gasteiger partial charge in [0.15, 0.2) is 0 Å². The van der Waals surface area contributed by atoms with Crippen molar-refractivity contribution in [3.8, 4) is 5.75 Å². The molecule has 0 N–H and O–H groups in total. The summed E-state index contributed by atoms with van der Waals surface area (Å²) >= 11 is 6.97. The van der Waals surface area contributed by atoms with Crippen molar-refractivity contribution in [2.75, 3.05) is 13.7 Å². The number of sulfonamides is 1. The first-order chi connectivity index (χ1) is 10.4. The van der Waals surface area contributed by atoms with E-state index in [4.69, 9.17) is 16.3 Å². The molecule has 0 radical (unpaired) electrons. The molecule has 0 saturated heterocycles. The highest BCUT2D eigenvalue weighted by atomic mass is 35.5. The molecule has 1 unspecified atom stereocenters. The summed E-state index contributed by atoms with van der Waals surface area (Å²) in [5, 5.41) is 0. The zero-order valence-electron chi connectivity index (χ0n) is 12.2. The fraction of sp³-hybridized carbons (Fsp3) is 0.333. The summed E-state index contributed by atoms with van der Waals surface area (Å²) in [6.45, 7) is 2.37. The van der Waals surface area contributed by atoms with Crippen LogP contribution < -0.4 is 4.74 Å². The molecular formula is C15H16ClNO3S2. The van der Waals surface area contributed by atoms with Crippen LogP contribution >= 0.6 is 22.9 Å². The van der Waals surface area contributed by atoms with Gasteiger partial charge in [-0.2, -0.15) is 4.31 Å². The molecule has 1 aromatic heterocycles. The third kappa shape index (κ3) is 2.65. The van der Waals surface area contributed by atoms with Gasteiger partial charge in [0, 0.05) is 12.6 Å². The van der Waals surface area contributed by atoms with Crippen LogP contribution in [-0.4, -0.2) is 26.4 Å². The summed E-state index contributed by atoms with van der Waals surface area (Å²) in [7, 11) is -1.88. The Kier molecular flexibility index (Phi) is 4.20. The minimum atomic E-state index is -3.51. The molecule has 0 aliphatic carbocycles. The summed E-state index contributed by atoms with van der Waals surface area (Å²) in [5.41, 5.74) is 2.17. The van der Waals surface area contributed by atoms with Crippen molar-refractivity contribution < 1.29 is 13.2 Å². The number of nitrogens with zero attached hydrogens (tertiary/aromatic N) is 1. The second kappa shape index (κ2) is 5.85. The lowest BCUT2D eigenvalue weighted by atomic mass is 9.95. The first-order valence-corrected chi connectivity index (χ1v) is 9.51. The number of fused-ring (bicyclic) bond motifs is 1. The molecule has 1 atom stereocenters. The normalized spacial score (nSPS) is 19.0. The summed E-state index contributed by atoms with van der Waals surface area (Å²) in [6, 6.07) is 8.78. The van der Waals surface area contributed by atoms with E-state index in [0.717, 1.165) is 28.2 Å². The van der Waals surface area contributed by atoms with E-state index in [9.17, 15) is 8.42 Å². The van der Waals surface area contributed by atoms with Gasteiger partial charge in [0.25, 0.3) is 10.0 Å². The highest BCUT2D eigenvalue weighted by Gasteiger charge is 2.34. The standard InChI is InChI=1S/C15H16ClNO3S2/c1-10-13-4-3-12(20-2)9-11(13)7-8-17(10)22(18,19)15-6-5-14(16)21-15/h3-6,9-10H,7-8H2,1-2H3. The lowest BCUT2D eigenvalue weighted by Crippen LogP contribution is -2.38. The molecule has 4 nitrogen and oxygen atoms in total. The van der Waals surface area contributed by atoms with Crippen molar-refractivity contribution >= 4 is 33.0 Å². The molecule has 118 valence electrons. The van der Waals surface area contributed by atoms with E-state index in [0.29, 0.717) is 21.5 Å². The van der Waals surface area contributed by atoms with Crippen LogP contribution in [0.3, 0.4) is 0 Å². The second-order valence-corrected chi connectivity index (χ2v) is 9.00. The Hall–Kier alpha value is -1.08. The molecule has 1 aromatic carbocycles. The largest absolute Gasteiger partial charge is 0.497 e. The molecule has 0 fully saturated rings. The first-order valence-electron chi connectivity index (χ1n) is 6.87. The van der Waals surface area contributed by atoms with Gasteiger partial charge in [0.2, 0.25) is 0 Å². The molecule has 2 aromatic rings. The molecule has 0 amide bonds. The SMILES string of the molecule is COc1ccc2c(c1)CCN(S(=O)(=O)c1ccc(Cl)s1)C2C. The van der Waals surface area contributed by atoms with Crippen molar-refractivity contribution in [3.05, 3.63) is 45.8 Å². The molecule has 1 aliphatic heterocycles. The molecule has 0 bridgehead atoms. The Balaban J connectivity index is 1.97. The topological polar surface area (TPSA) is 46.6 Å². The first kappa shape index (κ1) is 15.8. The Labute approximate surface area is 139 Å². The Morgan fingerprint density at radius 1 is 1.32 bits per heavy atom. The van der Waals surface area contributed by atoms with Crippen LogP contribution in [0.4, 0.5) is 0 Å². The summed E-state index contributed by atoms with van der Waals surface area (Å²) in [6.07, 6.45) is 0.676. The fourth-order valence-corrected chi connectivity index (χ4v) is 6.02. The van der Waals surface area contributed by atoms with Crippen molar-refractivity contribution in [2.45, 2.75) is 23.6 Å². The molecular weight excluding hydrogens is 342 g/mol. The molecule has 0 saturated carbocycles. The Morgan fingerprint density at radius 3 is 2.73 bits per heavy atom. The van der Waals surface area contributed by atoms with E-state index >= 15 is 0 Å². The van der Waals surface area contributed by atoms with Gasteiger partial charge in [-0.15, -0.1) is 11.3 Å². The van der Waals surface area contributed by atoms with Gasteiger partial charge >= 0.3 is 0 Å². The maximum Gasteiger partial charge on any atom is 0.253 e. The highest BCUT2D eigenvalue weighted by molar-refractivity contribution is 7.91. The third-order valence-electron chi connectivity index (χ3n) is 3.95. The smallest absolute Gasteiger partial charge is 0.253 e. The van der Waals surface area contributed by atoms with Gasteiger partial charge in [0.05, 0.1) is 11.4 Å². The van der Waals surface area contributed by atoms with Gasteiger partial charge in [0.1, 0.15) is 9.96 Å². The van der Waals surface area contributed by atoms with E-state index in [1.54, 1.807) is 23.5 Å². The molecule has 22 heavy (non-hydrogen) atoms. The lowest BCUT2D eigenvalue weighted by Gasteiger charge is -2.34. The van der Waals surface area contributed by atoms with Gasteiger partial charge in [-0.1, -0.05) is 17.7 Å². The van der Waals surface area contributed by atoms with Crippen LogP contribution in [0.2, 0.25) is 4.34 Å². The quantitative estimate of drug-likeness (QED) is 0.841. The minimum absolute atomic E-state index is 0.208. The minimum Gasteiger partial charge on any atom is -0.497 e. The van der Waals surface area contributed by atoms with E-state index in [-0.39, 0.29) is 6.04 Å². The Morgan fingerprint density at radius 2 is 2.09 bits per heavy atom. The maximum atomic E-state index is 12.8. The van der Waals surface area contributed by atoms with Gasteiger partial charge < -0.3 is 4.74 Å². The molecule has 7 heteroatoms. The van der Waals surface area contributed by atoms with Gasteiger partial charge in [-0.3, -0.25) is 0 Å². The molecule has 0 spiro atoms. The zero-order valence-corrected chi connectivity index (χ0v) is 14.6. The maximum absolute atomic E-state index is 12.8. The fourth-order valence-electron chi connectivity index (χ4n) is 2.79. The zero-order chi connectivity index (χ0) is 15.9. The number of methoxy groups -OCH3 is 1. The van der Waals surface area contributed by atoms with E-state index in [2.05, 4.69) is 0 Å². The van der Waals surface area contributed by atoms with E-state index < -0.39 is 10.0 Å². The summed E-state index contributed by atoms with van der Waals surface area (Å²) in [4.78, 5) is 0. The Bertz CT molecular complexity index is 801. The van der Waals surface area contributed by atoms with Gasteiger partial charge in [-0.05, 0) is 48.7 Å². The van der Waals surface area contributed by atoms with Crippen LogP contribution in [0.1, 0.15) is 24.1 Å². The number of hydrogen-bond donors (Lipinski definition) is 0. The van der Waals surface area contributed by atoms with E-state index in [1.807, 2.05) is 25.1 Å². The number of hydrogen-bond acceptors (Lipinski definition) is 4. The van der Waals surface area contributed by atoms with Crippen LogP contribution in [0.5, 0.6) is 5.75 Å². The molecule has 3 rings (SSSR count). The molecule has 1 aliphatic rings. The monoisotopic (exact) mass is 357 g/mol. The van der Waals surface area contributed by atoms with Crippen molar-refractivity contribution in [3.63, 3.8) is 0 Å². The number of ether oxygens (including phenoxy) is 1. The van der Waals surface area contributed by atoms with Crippen molar-refractivity contribution in [1.82, 2.24) is 4.31 Å². The summed E-state index contributed by atoms with van der Waals surface area (Å²) < 4.78 is 33.1. The van der Waals surface area contributed by atoms with Gasteiger partial charge in [-0.25, -0.2) is 8.42 Å². The number of halogens is 1.